The summed E-state index contributed by atoms with van der Waals surface area (Å²) >= 11 is 5.96. The Balaban J connectivity index is 4.07. The van der Waals surface area contributed by atoms with Crippen LogP contribution >= 0.6 is 11.6 Å². The zero-order chi connectivity index (χ0) is 11.0. The fourth-order valence-corrected chi connectivity index (χ4v) is 1.12. The van der Waals surface area contributed by atoms with Crippen molar-refractivity contribution in [2.45, 2.75) is 40.0 Å². The number of hydrogen-bond donors (Lipinski definition) is 0. The highest BCUT2D eigenvalue weighted by Crippen LogP contribution is 2.08. The Morgan fingerprint density at radius 3 is 2.64 bits per heavy atom. The lowest BCUT2D eigenvalue weighted by Crippen LogP contribution is -2.01. The summed E-state index contributed by atoms with van der Waals surface area (Å²) in [6.07, 6.45) is 6.83. The highest BCUT2D eigenvalue weighted by molar-refractivity contribution is 6.65. The van der Waals surface area contributed by atoms with Gasteiger partial charge in [-0.25, -0.2) is 4.99 Å². The topological polar surface area (TPSA) is 12.4 Å². The Bertz CT molecular complexity index is 228. The van der Waals surface area contributed by atoms with E-state index in [1.165, 1.54) is 0 Å². The van der Waals surface area contributed by atoms with Crippen LogP contribution in [0.2, 0.25) is 0 Å². The molecule has 0 bridgehead atoms. The highest BCUT2D eigenvalue weighted by Gasteiger charge is 2.02. The first-order valence-electron chi connectivity index (χ1n) is 5.19. The van der Waals surface area contributed by atoms with Crippen LogP contribution in [0.3, 0.4) is 0 Å². The molecule has 0 radical (unpaired) electrons. The lowest BCUT2D eigenvalue weighted by molar-refractivity contribution is 0.749. The number of halogens is 1. The first-order valence-corrected chi connectivity index (χ1v) is 5.57. The summed E-state index contributed by atoms with van der Waals surface area (Å²) in [7, 11) is 0. The van der Waals surface area contributed by atoms with E-state index in [1.54, 1.807) is 6.20 Å². The molecule has 0 N–H and O–H groups in total. The molecule has 1 unspecified atom stereocenters. The van der Waals surface area contributed by atoms with Crippen LogP contribution in [0.4, 0.5) is 0 Å². The normalized spacial score (nSPS) is 14.7. The molecular weight excluding hydrogens is 194 g/mol. The standard InChI is InChI=1S/C12H20ClN/c1-5-7-10(3)8-9-14-12(13)11(4)6-2/h8-9,11H,3,5-7H2,1-2,4H3/b9-8-,14-12?. The van der Waals surface area contributed by atoms with Crippen molar-refractivity contribution in [3.63, 3.8) is 0 Å². The molecule has 0 amide bonds. The van der Waals surface area contributed by atoms with Gasteiger partial charge >= 0.3 is 0 Å². The Hall–Kier alpha value is -0.560. The SMILES string of the molecule is C=C(/C=C\N=C(Cl)C(C)CC)CCC. The zero-order valence-corrected chi connectivity index (χ0v) is 10.1. The average molecular weight is 214 g/mol. The summed E-state index contributed by atoms with van der Waals surface area (Å²) in [5, 5.41) is 0.674. The van der Waals surface area contributed by atoms with Gasteiger partial charge in [-0.2, -0.15) is 0 Å². The molecule has 0 aromatic heterocycles. The third-order valence-corrected chi connectivity index (χ3v) is 2.57. The van der Waals surface area contributed by atoms with Crippen LogP contribution in [0.15, 0.2) is 29.4 Å². The molecule has 0 aromatic rings. The van der Waals surface area contributed by atoms with Gasteiger partial charge in [0, 0.05) is 12.1 Å². The van der Waals surface area contributed by atoms with Crippen LogP contribution in [-0.2, 0) is 0 Å². The van der Waals surface area contributed by atoms with Gasteiger partial charge in [0.2, 0.25) is 0 Å². The largest absolute Gasteiger partial charge is 0.249 e. The Kier molecular flexibility index (Phi) is 7.50. The molecule has 0 rings (SSSR count). The van der Waals surface area contributed by atoms with E-state index in [4.69, 9.17) is 11.6 Å². The van der Waals surface area contributed by atoms with E-state index in [-0.39, 0.29) is 0 Å². The molecule has 1 nitrogen and oxygen atoms in total. The lowest BCUT2D eigenvalue weighted by Gasteiger charge is -2.03. The number of aliphatic imine (C=N–C) groups is 1. The quantitative estimate of drug-likeness (QED) is 0.454. The third-order valence-electron chi connectivity index (χ3n) is 2.10. The van der Waals surface area contributed by atoms with Gasteiger partial charge in [-0.3, -0.25) is 0 Å². The van der Waals surface area contributed by atoms with Crippen molar-refractivity contribution >= 4 is 16.8 Å². The second-order valence-electron chi connectivity index (χ2n) is 3.49. The zero-order valence-electron chi connectivity index (χ0n) is 9.39. The van der Waals surface area contributed by atoms with Gasteiger partial charge in [-0.1, -0.05) is 50.9 Å². The van der Waals surface area contributed by atoms with Crippen molar-refractivity contribution in [3.8, 4) is 0 Å². The van der Waals surface area contributed by atoms with Crippen LogP contribution in [0.25, 0.3) is 0 Å². The van der Waals surface area contributed by atoms with E-state index in [1.807, 2.05) is 6.08 Å². The Labute approximate surface area is 92.6 Å². The van der Waals surface area contributed by atoms with Gasteiger partial charge in [0.25, 0.3) is 0 Å². The minimum Gasteiger partial charge on any atom is -0.249 e. The van der Waals surface area contributed by atoms with Crippen LogP contribution < -0.4 is 0 Å². The fourth-order valence-electron chi connectivity index (χ4n) is 0.914. The van der Waals surface area contributed by atoms with E-state index in [2.05, 4.69) is 32.3 Å². The van der Waals surface area contributed by atoms with Gasteiger partial charge in [-0.05, 0) is 18.9 Å². The average Bonchev–Trinajstić information content (AvgIpc) is 2.16. The van der Waals surface area contributed by atoms with Gasteiger partial charge in [-0.15, -0.1) is 0 Å². The smallest absolute Gasteiger partial charge is 0.109 e. The second kappa shape index (κ2) is 7.81. The molecule has 80 valence electrons. The maximum absolute atomic E-state index is 5.96. The Morgan fingerprint density at radius 1 is 1.50 bits per heavy atom. The second-order valence-corrected chi connectivity index (χ2v) is 3.87. The maximum atomic E-state index is 5.96. The number of rotatable bonds is 6. The van der Waals surface area contributed by atoms with Crippen molar-refractivity contribution in [2.75, 3.05) is 0 Å². The van der Waals surface area contributed by atoms with Crippen LogP contribution in [0.1, 0.15) is 40.0 Å². The lowest BCUT2D eigenvalue weighted by atomic mass is 10.1. The molecule has 0 saturated carbocycles. The number of hydrogen-bond acceptors (Lipinski definition) is 1. The van der Waals surface area contributed by atoms with Crippen LogP contribution in [0.5, 0.6) is 0 Å². The predicted molar refractivity (Wildman–Crippen MR) is 65.9 cm³/mol. The monoisotopic (exact) mass is 213 g/mol. The summed E-state index contributed by atoms with van der Waals surface area (Å²) < 4.78 is 0. The molecule has 0 aliphatic carbocycles. The van der Waals surface area contributed by atoms with Crippen molar-refractivity contribution in [2.24, 2.45) is 10.9 Å². The molecule has 0 aliphatic rings. The maximum Gasteiger partial charge on any atom is 0.109 e. The number of nitrogens with zero attached hydrogens (tertiary/aromatic N) is 1. The molecule has 14 heavy (non-hydrogen) atoms. The van der Waals surface area contributed by atoms with E-state index in [0.29, 0.717) is 11.1 Å². The first kappa shape index (κ1) is 13.4. The molecule has 2 heteroatoms. The van der Waals surface area contributed by atoms with Gasteiger partial charge in [0.05, 0.1) is 0 Å². The van der Waals surface area contributed by atoms with Gasteiger partial charge in [0.15, 0.2) is 0 Å². The summed E-state index contributed by atoms with van der Waals surface area (Å²) in [6, 6.07) is 0. The minimum absolute atomic E-state index is 0.348. The Morgan fingerprint density at radius 2 is 2.14 bits per heavy atom. The van der Waals surface area contributed by atoms with Gasteiger partial charge in [0.1, 0.15) is 5.17 Å². The molecule has 0 aromatic carbocycles. The number of allylic oxidation sites excluding steroid dienone is 2. The molecule has 1 atom stereocenters. The highest BCUT2D eigenvalue weighted by atomic mass is 35.5. The minimum atomic E-state index is 0.348. The van der Waals surface area contributed by atoms with E-state index >= 15 is 0 Å². The summed E-state index contributed by atoms with van der Waals surface area (Å²) in [5.74, 6) is 0.348. The fraction of sp³-hybridized carbons (Fsp3) is 0.583. The van der Waals surface area contributed by atoms with Gasteiger partial charge < -0.3 is 0 Å². The molecular formula is C12H20ClN. The summed E-state index contributed by atoms with van der Waals surface area (Å²) in [4.78, 5) is 4.16. The molecule has 0 heterocycles. The van der Waals surface area contributed by atoms with Crippen LogP contribution in [-0.4, -0.2) is 5.17 Å². The van der Waals surface area contributed by atoms with Crippen molar-refractivity contribution in [3.05, 3.63) is 24.4 Å². The molecule has 0 spiro atoms. The molecule has 0 fully saturated rings. The van der Waals surface area contributed by atoms with E-state index in [0.717, 1.165) is 24.8 Å². The first-order chi connectivity index (χ1) is 6.61. The van der Waals surface area contributed by atoms with Crippen molar-refractivity contribution < 1.29 is 0 Å². The van der Waals surface area contributed by atoms with E-state index in [9.17, 15) is 0 Å². The van der Waals surface area contributed by atoms with Crippen molar-refractivity contribution in [1.82, 2.24) is 0 Å². The van der Waals surface area contributed by atoms with Crippen molar-refractivity contribution in [1.29, 1.82) is 0 Å². The summed E-state index contributed by atoms with van der Waals surface area (Å²) in [5.41, 5.74) is 1.10. The van der Waals surface area contributed by atoms with E-state index < -0.39 is 0 Å². The molecule has 0 saturated heterocycles. The van der Waals surface area contributed by atoms with Crippen LogP contribution in [0, 0.1) is 5.92 Å². The summed E-state index contributed by atoms with van der Waals surface area (Å²) in [6.45, 7) is 10.2. The molecule has 0 aliphatic heterocycles. The third kappa shape index (κ3) is 5.98. The predicted octanol–water partition coefficient (Wildman–Crippen LogP) is 4.54.